The molecule has 1 amide bonds. The van der Waals surface area contributed by atoms with Crippen LogP contribution in [0, 0.1) is 13.8 Å². The van der Waals surface area contributed by atoms with Gasteiger partial charge in [-0.3, -0.25) is 4.79 Å². The number of aryl methyl sites for hydroxylation is 2. The predicted octanol–water partition coefficient (Wildman–Crippen LogP) is 1.87. The van der Waals surface area contributed by atoms with Crippen LogP contribution in [0.25, 0.3) is 0 Å². The lowest BCUT2D eigenvalue weighted by atomic mass is 10.2. The lowest BCUT2D eigenvalue weighted by Gasteiger charge is -2.10. The van der Waals surface area contributed by atoms with Crippen molar-refractivity contribution in [2.45, 2.75) is 42.8 Å². The van der Waals surface area contributed by atoms with Crippen LogP contribution in [0.1, 0.15) is 30.3 Å². The Balaban J connectivity index is 1.66. The number of nitrogens with one attached hydrogen (secondary N) is 2. The summed E-state index contributed by atoms with van der Waals surface area (Å²) in [5.41, 5.74) is 1.05. The van der Waals surface area contributed by atoms with Crippen molar-refractivity contribution in [3.63, 3.8) is 0 Å². The molecule has 0 spiro atoms. The molecule has 1 saturated carbocycles. The highest BCUT2D eigenvalue weighted by Crippen LogP contribution is 2.38. The number of nitrogens with zero attached hydrogens (tertiary/aromatic N) is 3. The van der Waals surface area contributed by atoms with Gasteiger partial charge < -0.3 is 9.88 Å². The summed E-state index contributed by atoms with van der Waals surface area (Å²) in [7, 11) is -2.22. The molecule has 1 aromatic carbocycles. The second kappa shape index (κ2) is 7.37. The van der Waals surface area contributed by atoms with Crippen LogP contribution < -0.4 is 10.0 Å². The van der Waals surface area contributed by atoms with E-state index >= 15 is 0 Å². The van der Waals surface area contributed by atoms with Crippen molar-refractivity contribution < 1.29 is 13.2 Å². The molecule has 0 aliphatic heterocycles. The largest absolute Gasteiger partial charge is 0.325 e. The Morgan fingerprint density at radius 2 is 2.04 bits per heavy atom. The Hall–Kier alpha value is -1.91. The number of carbonyl (C=O) groups is 1. The van der Waals surface area contributed by atoms with E-state index < -0.39 is 10.0 Å². The highest BCUT2D eigenvalue weighted by molar-refractivity contribution is 7.99. The third-order valence-corrected chi connectivity index (χ3v) is 6.61. The van der Waals surface area contributed by atoms with Crippen molar-refractivity contribution >= 4 is 33.4 Å². The summed E-state index contributed by atoms with van der Waals surface area (Å²) in [5, 5.41) is 11.7. The number of amides is 1. The van der Waals surface area contributed by atoms with Crippen molar-refractivity contribution in [2.75, 3.05) is 18.1 Å². The summed E-state index contributed by atoms with van der Waals surface area (Å²) in [4.78, 5) is 12.4. The van der Waals surface area contributed by atoms with Gasteiger partial charge in [0, 0.05) is 11.7 Å². The molecule has 0 saturated heterocycles. The molecule has 1 heterocycles. The number of hydrogen-bond donors (Lipinski definition) is 2. The Bertz CT molecular complexity index is 935. The van der Waals surface area contributed by atoms with E-state index in [0.717, 1.165) is 23.8 Å². The molecule has 10 heteroatoms. The van der Waals surface area contributed by atoms with Crippen molar-refractivity contribution in [1.82, 2.24) is 19.5 Å². The lowest BCUT2D eigenvalue weighted by Crippen LogP contribution is -2.20. The fraction of sp³-hybridized carbons (Fsp3) is 0.438. The number of sulfonamides is 1. The molecule has 1 fully saturated rings. The van der Waals surface area contributed by atoms with Crippen molar-refractivity contribution in [3.05, 3.63) is 29.6 Å². The molecule has 1 aromatic heterocycles. The molecule has 0 bridgehead atoms. The van der Waals surface area contributed by atoms with Crippen LogP contribution in [0.4, 0.5) is 5.69 Å². The maximum atomic E-state index is 12.3. The minimum atomic E-state index is -3.58. The van der Waals surface area contributed by atoms with Crippen LogP contribution in [0.3, 0.4) is 0 Å². The second-order valence-corrected chi connectivity index (χ2v) is 8.95. The first kappa shape index (κ1) is 18.9. The minimum absolute atomic E-state index is 0.148. The predicted molar refractivity (Wildman–Crippen MR) is 99.8 cm³/mol. The molecular weight excluding hydrogens is 374 g/mol. The van der Waals surface area contributed by atoms with Crippen LogP contribution >= 0.6 is 11.8 Å². The smallest absolute Gasteiger partial charge is 0.240 e. The van der Waals surface area contributed by atoms with Gasteiger partial charge in [-0.15, -0.1) is 10.2 Å². The normalized spacial score (nSPS) is 14.4. The molecule has 3 rings (SSSR count). The Morgan fingerprint density at radius 3 is 2.69 bits per heavy atom. The average Bonchev–Trinajstić information content (AvgIpc) is 3.37. The summed E-state index contributed by atoms with van der Waals surface area (Å²) >= 11 is 1.33. The maximum Gasteiger partial charge on any atom is 0.240 e. The number of thioether (sulfide) groups is 1. The SMILES string of the molecule is CNS(=O)(=O)c1cc(NC(=O)CSc2nnc(C)n2C2CC2)ccc1C. The Morgan fingerprint density at radius 1 is 1.31 bits per heavy atom. The molecule has 2 aromatic rings. The Kier molecular flexibility index (Phi) is 5.35. The van der Waals surface area contributed by atoms with Crippen molar-refractivity contribution in [1.29, 1.82) is 0 Å². The van der Waals surface area contributed by atoms with Crippen molar-refractivity contribution in [2.24, 2.45) is 0 Å². The summed E-state index contributed by atoms with van der Waals surface area (Å²) in [6.45, 7) is 3.62. The van der Waals surface area contributed by atoms with E-state index in [0.29, 0.717) is 17.3 Å². The summed E-state index contributed by atoms with van der Waals surface area (Å²) in [5.74, 6) is 0.804. The number of benzene rings is 1. The first-order valence-corrected chi connectivity index (χ1v) is 10.7. The van der Waals surface area contributed by atoms with E-state index in [9.17, 15) is 13.2 Å². The van der Waals surface area contributed by atoms with E-state index in [4.69, 9.17) is 0 Å². The number of carbonyl (C=O) groups excluding carboxylic acids is 1. The molecule has 0 atom stereocenters. The molecule has 0 unspecified atom stereocenters. The fourth-order valence-electron chi connectivity index (χ4n) is 2.61. The molecule has 1 aliphatic rings. The van der Waals surface area contributed by atoms with Gasteiger partial charge in [0.15, 0.2) is 5.16 Å². The molecule has 26 heavy (non-hydrogen) atoms. The van der Waals surface area contributed by atoms with Gasteiger partial charge in [-0.25, -0.2) is 13.1 Å². The van der Waals surface area contributed by atoms with E-state index in [1.807, 2.05) is 6.92 Å². The highest BCUT2D eigenvalue weighted by Gasteiger charge is 2.28. The molecule has 2 N–H and O–H groups in total. The number of anilines is 1. The van der Waals surface area contributed by atoms with Gasteiger partial charge >= 0.3 is 0 Å². The van der Waals surface area contributed by atoms with E-state index in [2.05, 4.69) is 24.8 Å². The van der Waals surface area contributed by atoms with Gasteiger partial charge in [0.1, 0.15) is 5.82 Å². The third-order valence-electron chi connectivity index (χ3n) is 4.11. The molecule has 140 valence electrons. The zero-order valence-corrected chi connectivity index (χ0v) is 16.4. The quantitative estimate of drug-likeness (QED) is 0.693. The Labute approximate surface area is 156 Å². The zero-order chi connectivity index (χ0) is 18.9. The summed E-state index contributed by atoms with van der Waals surface area (Å²) in [6, 6.07) is 5.26. The minimum Gasteiger partial charge on any atom is -0.325 e. The first-order valence-electron chi connectivity index (χ1n) is 8.20. The number of hydrogen-bond acceptors (Lipinski definition) is 6. The van der Waals surface area contributed by atoms with Gasteiger partial charge in [0.25, 0.3) is 0 Å². The molecule has 0 radical (unpaired) electrons. The second-order valence-electron chi connectivity index (χ2n) is 6.16. The highest BCUT2D eigenvalue weighted by atomic mass is 32.2. The van der Waals surface area contributed by atoms with Gasteiger partial charge in [0.05, 0.1) is 10.6 Å². The maximum absolute atomic E-state index is 12.3. The average molecular weight is 396 g/mol. The van der Waals surface area contributed by atoms with Crippen LogP contribution in [-0.4, -0.2) is 41.9 Å². The molecule has 8 nitrogen and oxygen atoms in total. The van der Waals surface area contributed by atoms with Crippen LogP contribution in [0.2, 0.25) is 0 Å². The summed E-state index contributed by atoms with van der Waals surface area (Å²) in [6.07, 6.45) is 2.23. The van der Waals surface area contributed by atoms with Gasteiger partial charge in [0.2, 0.25) is 15.9 Å². The third kappa shape index (κ3) is 4.08. The van der Waals surface area contributed by atoms with Gasteiger partial charge in [-0.05, 0) is 51.4 Å². The van der Waals surface area contributed by atoms with Crippen molar-refractivity contribution in [3.8, 4) is 0 Å². The van der Waals surface area contributed by atoms with Crippen LogP contribution in [0.15, 0.2) is 28.3 Å². The van der Waals surface area contributed by atoms with E-state index in [1.165, 1.54) is 24.9 Å². The fourth-order valence-corrected chi connectivity index (χ4v) is 4.45. The summed E-state index contributed by atoms with van der Waals surface area (Å²) < 4.78 is 28.4. The van der Waals surface area contributed by atoms with Gasteiger partial charge in [-0.2, -0.15) is 0 Å². The molecule has 1 aliphatic carbocycles. The van der Waals surface area contributed by atoms with E-state index in [-0.39, 0.29) is 16.6 Å². The van der Waals surface area contributed by atoms with Crippen LogP contribution in [0.5, 0.6) is 0 Å². The van der Waals surface area contributed by atoms with Crippen LogP contribution in [-0.2, 0) is 14.8 Å². The molecular formula is C16H21N5O3S2. The monoisotopic (exact) mass is 395 g/mol. The zero-order valence-electron chi connectivity index (χ0n) is 14.8. The van der Waals surface area contributed by atoms with Gasteiger partial charge in [-0.1, -0.05) is 17.8 Å². The first-order chi connectivity index (χ1) is 12.3. The number of rotatable bonds is 7. The standard InChI is InChI=1S/C16H21N5O3S2/c1-10-4-5-12(8-14(10)26(23,24)17-3)18-15(22)9-25-16-20-19-11(2)21(16)13-6-7-13/h4-5,8,13,17H,6-7,9H2,1-3H3,(H,18,22). The topological polar surface area (TPSA) is 106 Å². The number of aromatic nitrogens is 3. The lowest BCUT2D eigenvalue weighted by molar-refractivity contribution is -0.113. The van der Waals surface area contributed by atoms with E-state index in [1.54, 1.807) is 19.1 Å².